The first-order valence-corrected chi connectivity index (χ1v) is 11.2. The molecule has 0 aliphatic heterocycles. The molecular weight excluding hydrogens is 444 g/mol. The fourth-order valence-corrected chi connectivity index (χ4v) is 4.03. The number of ether oxygens (including phenoxy) is 1. The summed E-state index contributed by atoms with van der Waals surface area (Å²) in [6, 6.07) is 22.6. The van der Waals surface area contributed by atoms with Crippen LogP contribution in [0.25, 0.3) is 22.5 Å². The number of nitrogens with zero attached hydrogens (tertiary/aromatic N) is 1. The number of carboxylic acids is 1. The van der Waals surface area contributed by atoms with Gasteiger partial charge in [-0.1, -0.05) is 78.0 Å². The first-order chi connectivity index (χ1) is 16.8. The number of aryl methyl sites for hydroxylation is 2. The number of aromatic nitrogens is 1. The molecule has 0 bridgehead atoms. The van der Waals surface area contributed by atoms with Gasteiger partial charge in [0, 0.05) is 5.56 Å². The van der Waals surface area contributed by atoms with Gasteiger partial charge in [-0.25, -0.2) is 4.79 Å². The summed E-state index contributed by atoms with van der Waals surface area (Å²) in [6.45, 7) is 5.53. The SMILES string of the molecule is Cc1ccccc1C(C)OC(=O)Nc1c(C)noc1-c1ccc(-c2ccccc2CC(=O)O)cc1. The molecular formula is C28H26N2O5. The molecule has 35 heavy (non-hydrogen) atoms. The van der Waals surface area contributed by atoms with E-state index in [2.05, 4.69) is 10.5 Å². The van der Waals surface area contributed by atoms with Crippen molar-refractivity contribution < 1.29 is 24.0 Å². The van der Waals surface area contributed by atoms with Gasteiger partial charge in [0.05, 0.1) is 6.42 Å². The van der Waals surface area contributed by atoms with Gasteiger partial charge < -0.3 is 14.4 Å². The van der Waals surface area contributed by atoms with Crippen LogP contribution in [-0.2, 0) is 16.0 Å². The Morgan fingerprint density at radius 2 is 1.63 bits per heavy atom. The molecule has 7 nitrogen and oxygen atoms in total. The zero-order valence-corrected chi connectivity index (χ0v) is 19.7. The van der Waals surface area contributed by atoms with Gasteiger partial charge in [0.25, 0.3) is 0 Å². The Bertz CT molecular complexity index is 1360. The van der Waals surface area contributed by atoms with Crippen LogP contribution in [0.15, 0.2) is 77.3 Å². The Morgan fingerprint density at radius 1 is 0.971 bits per heavy atom. The summed E-state index contributed by atoms with van der Waals surface area (Å²) in [7, 11) is 0. The van der Waals surface area contributed by atoms with E-state index in [-0.39, 0.29) is 6.42 Å². The fraction of sp³-hybridized carbons (Fsp3) is 0.179. The Labute approximate surface area is 203 Å². The van der Waals surface area contributed by atoms with Crippen molar-refractivity contribution in [3.63, 3.8) is 0 Å². The van der Waals surface area contributed by atoms with E-state index in [9.17, 15) is 14.7 Å². The van der Waals surface area contributed by atoms with Gasteiger partial charge >= 0.3 is 12.1 Å². The molecule has 0 aliphatic carbocycles. The molecule has 1 unspecified atom stereocenters. The Hall–Kier alpha value is -4.39. The van der Waals surface area contributed by atoms with Crippen molar-refractivity contribution in [2.45, 2.75) is 33.3 Å². The van der Waals surface area contributed by atoms with Crippen molar-refractivity contribution in [3.8, 4) is 22.5 Å². The molecule has 4 rings (SSSR count). The molecule has 178 valence electrons. The topological polar surface area (TPSA) is 102 Å². The van der Waals surface area contributed by atoms with Gasteiger partial charge in [0.2, 0.25) is 0 Å². The van der Waals surface area contributed by atoms with Gasteiger partial charge in [-0.15, -0.1) is 0 Å². The molecule has 0 saturated heterocycles. The highest BCUT2D eigenvalue weighted by molar-refractivity contribution is 5.91. The minimum atomic E-state index is -0.884. The number of carbonyl (C=O) groups excluding carboxylic acids is 1. The van der Waals surface area contributed by atoms with Crippen molar-refractivity contribution in [3.05, 3.63) is 95.2 Å². The van der Waals surface area contributed by atoms with Crippen LogP contribution in [-0.4, -0.2) is 22.3 Å². The summed E-state index contributed by atoms with van der Waals surface area (Å²) in [5, 5.41) is 16.0. The van der Waals surface area contributed by atoms with Crippen LogP contribution in [0.5, 0.6) is 0 Å². The molecule has 0 aliphatic rings. The molecule has 0 radical (unpaired) electrons. The normalized spacial score (nSPS) is 11.6. The third kappa shape index (κ3) is 5.41. The molecule has 1 atom stereocenters. The summed E-state index contributed by atoms with van der Waals surface area (Å²) in [6.07, 6.45) is -1.09. The Balaban J connectivity index is 1.53. The number of benzene rings is 3. The molecule has 4 aromatic rings. The molecule has 3 aromatic carbocycles. The fourth-order valence-electron chi connectivity index (χ4n) is 4.03. The third-order valence-electron chi connectivity index (χ3n) is 5.82. The number of aliphatic carboxylic acids is 1. The third-order valence-corrected chi connectivity index (χ3v) is 5.82. The second kappa shape index (κ2) is 10.3. The minimum Gasteiger partial charge on any atom is -0.481 e. The summed E-state index contributed by atoms with van der Waals surface area (Å²) >= 11 is 0. The van der Waals surface area contributed by atoms with Crippen LogP contribution in [0.3, 0.4) is 0 Å². The maximum absolute atomic E-state index is 12.7. The van der Waals surface area contributed by atoms with E-state index >= 15 is 0 Å². The quantitative estimate of drug-likeness (QED) is 0.317. The number of nitrogens with one attached hydrogen (secondary N) is 1. The number of hydrogen-bond donors (Lipinski definition) is 2. The van der Waals surface area contributed by atoms with Crippen LogP contribution in [0, 0.1) is 13.8 Å². The molecule has 1 heterocycles. The van der Waals surface area contributed by atoms with Gasteiger partial charge in [-0.2, -0.15) is 0 Å². The average Bonchev–Trinajstić information content (AvgIpc) is 3.19. The van der Waals surface area contributed by atoms with Crippen molar-refractivity contribution in [2.75, 3.05) is 5.32 Å². The number of carboxylic acid groups (broad SMARTS) is 1. The second-order valence-corrected chi connectivity index (χ2v) is 8.31. The summed E-state index contributed by atoms with van der Waals surface area (Å²) in [4.78, 5) is 23.9. The average molecular weight is 471 g/mol. The molecule has 1 aromatic heterocycles. The van der Waals surface area contributed by atoms with E-state index in [1.165, 1.54) is 0 Å². The Morgan fingerprint density at radius 3 is 2.34 bits per heavy atom. The zero-order valence-electron chi connectivity index (χ0n) is 19.7. The lowest BCUT2D eigenvalue weighted by molar-refractivity contribution is -0.136. The van der Waals surface area contributed by atoms with Gasteiger partial charge in [-0.05, 0) is 48.6 Å². The maximum Gasteiger partial charge on any atom is 0.412 e. The predicted octanol–water partition coefficient (Wildman–Crippen LogP) is 6.56. The number of carbonyl (C=O) groups is 2. The first-order valence-electron chi connectivity index (χ1n) is 11.2. The van der Waals surface area contributed by atoms with Crippen molar-refractivity contribution in [1.82, 2.24) is 5.16 Å². The van der Waals surface area contributed by atoms with Crippen molar-refractivity contribution in [1.29, 1.82) is 0 Å². The molecule has 2 N–H and O–H groups in total. The maximum atomic E-state index is 12.7. The predicted molar refractivity (Wildman–Crippen MR) is 133 cm³/mol. The largest absolute Gasteiger partial charge is 0.481 e. The highest BCUT2D eigenvalue weighted by atomic mass is 16.6. The van der Waals surface area contributed by atoms with Crippen molar-refractivity contribution in [2.24, 2.45) is 0 Å². The van der Waals surface area contributed by atoms with Crippen LogP contribution in [0.1, 0.15) is 35.4 Å². The lowest BCUT2D eigenvalue weighted by Crippen LogP contribution is -2.17. The van der Waals surface area contributed by atoms with Crippen LogP contribution >= 0.6 is 0 Å². The van der Waals surface area contributed by atoms with E-state index < -0.39 is 18.2 Å². The van der Waals surface area contributed by atoms with E-state index in [0.717, 1.165) is 27.8 Å². The smallest absolute Gasteiger partial charge is 0.412 e. The van der Waals surface area contributed by atoms with E-state index in [0.29, 0.717) is 22.7 Å². The van der Waals surface area contributed by atoms with Crippen LogP contribution < -0.4 is 5.32 Å². The van der Waals surface area contributed by atoms with Gasteiger partial charge in [0.15, 0.2) is 5.76 Å². The highest BCUT2D eigenvalue weighted by Crippen LogP contribution is 2.33. The molecule has 1 amide bonds. The number of amides is 1. The summed E-state index contributed by atoms with van der Waals surface area (Å²) in [5.74, 6) is -0.473. The molecule has 0 saturated carbocycles. The standard InChI is InChI=1S/C28H26N2O5/c1-17-8-4-6-10-23(17)19(3)34-28(33)29-26-18(2)30-35-27(26)21-14-12-20(13-15-21)24-11-7-5-9-22(24)16-25(31)32/h4-15,19H,16H2,1-3H3,(H,29,33)(H,31,32). The Kier molecular flexibility index (Phi) is 6.96. The summed E-state index contributed by atoms with van der Waals surface area (Å²) < 4.78 is 11.1. The molecule has 7 heteroatoms. The van der Waals surface area contributed by atoms with E-state index in [1.807, 2.05) is 86.6 Å². The molecule has 0 fully saturated rings. The van der Waals surface area contributed by atoms with Crippen LogP contribution in [0.2, 0.25) is 0 Å². The second-order valence-electron chi connectivity index (χ2n) is 8.31. The summed E-state index contributed by atoms with van der Waals surface area (Å²) in [5.41, 5.74) is 6.11. The molecule has 0 spiro atoms. The minimum absolute atomic E-state index is 0.0592. The van der Waals surface area contributed by atoms with E-state index in [1.54, 1.807) is 6.92 Å². The van der Waals surface area contributed by atoms with Gasteiger partial charge in [0.1, 0.15) is 17.5 Å². The number of anilines is 1. The number of rotatable bonds is 7. The van der Waals surface area contributed by atoms with Gasteiger partial charge in [-0.3, -0.25) is 10.1 Å². The highest BCUT2D eigenvalue weighted by Gasteiger charge is 2.20. The first kappa shape index (κ1) is 23.8. The monoisotopic (exact) mass is 470 g/mol. The lowest BCUT2D eigenvalue weighted by Gasteiger charge is -2.16. The number of hydrogen-bond acceptors (Lipinski definition) is 5. The van der Waals surface area contributed by atoms with E-state index in [4.69, 9.17) is 9.26 Å². The van der Waals surface area contributed by atoms with Crippen molar-refractivity contribution >= 4 is 17.7 Å². The van der Waals surface area contributed by atoms with Crippen LogP contribution in [0.4, 0.5) is 10.5 Å². The lowest BCUT2D eigenvalue weighted by atomic mass is 9.96. The zero-order chi connectivity index (χ0) is 24.9.